The van der Waals surface area contributed by atoms with E-state index in [9.17, 15) is 15.3 Å². The first-order valence-electron chi connectivity index (χ1n) is 11.7. The highest BCUT2D eigenvalue weighted by Crippen LogP contribution is 2.70. The van der Waals surface area contributed by atoms with E-state index in [4.69, 9.17) is 0 Å². The number of hydrogen-bond donors (Lipinski definition) is 3. The van der Waals surface area contributed by atoms with Crippen molar-refractivity contribution in [1.82, 2.24) is 0 Å². The van der Waals surface area contributed by atoms with Gasteiger partial charge in [0.25, 0.3) is 0 Å². The highest BCUT2D eigenvalue weighted by molar-refractivity contribution is 5.38. The summed E-state index contributed by atoms with van der Waals surface area (Å²) in [6.07, 6.45) is 14.1. The molecule has 3 heteroatoms. The second-order valence-electron chi connectivity index (χ2n) is 11.5. The smallest absolute Gasteiger partial charge is 0.0811 e. The number of fused-ring (bicyclic) bond motifs is 1. The van der Waals surface area contributed by atoms with E-state index in [1.165, 1.54) is 38.5 Å². The molecule has 3 unspecified atom stereocenters. The zero-order valence-corrected chi connectivity index (χ0v) is 18.6. The zero-order chi connectivity index (χ0) is 21.0. The van der Waals surface area contributed by atoms with Crippen LogP contribution in [0.5, 0.6) is 0 Å². The molecule has 0 spiro atoms. The van der Waals surface area contributed by atoms with E-state index < -0.39 is 17.8 Å². The summed E-state index contributed by atoms with van der Waals surface area (Å²) in [4.78, 5) is 0. The van der Waals surface area contributed by atoms with Crippen molar-refractivity contribution in [2.45, 2.75) is 103 Å². The van der Waals surface area contributed by atoms with Crippen LogP contribution in [0.4, 0.5) is 0 Å². The molecule has 29 heavy (non-hydrogen) atoms. The molecule has 4 rings (SSSR count). The average Bonchev–Trinajstić information content (AvgIpc) is 3.26. The number of rotatable bonds is 4. The van der Waals surface area contributed by atoms with Gasteiger partial charge in [-0.1, -0.05) is 31.2 Å². The minimum Gasteiger partial charge on any atom is -0.393 e. The quantitative estimate of drug-likeness (QED) is 0.617. The van der Waals surface area contributed by atoms with Crippen molar-refractivity contribution in [1.29, 1.82) is 0 Å². The number of aliphatic hydroxyl groups excluding tert-OH is 2. The molecule has 0 bridgehead atoms. The Bertz CT molecular complexity index is 721. The van der Waals surface area contributed by atoms with Crippen LogP contribution in [0.3, 0.4) is 0 Å². The van der Waals surface area contributed by atoms with Crippen LogP contribution in [-0.2, 0) is 0 Å². The highest BCUT2D eigenvalue weighted by atomic mass is 16.3. The topological polar surface area (TPSA) is 60.7 Å². The normalized spacial score (nSPS) is 42.3. The zero-order valence-electron chi connectivity index (χ0n) is 18.6. The van der Waals surface area contributed by atoms with Crippen LogP contribution in [0.2, 0.25) is 0 Å². The molecule has 4 saturated carbocycles. The predicted molar refractivity (Wildman–Crippen MR) is 117 cm³/mol. The van der Waals surface area contributed by atoms with Gasteiger partial charge in [-0.15, -0.1) is 0 Å². The van der Waals surface area contributed by atoms with Crippen LogP contribution < -0.4 is 0 Å². The van der Waals surface area contributed by atoms with E-state index in [2.05, 4.69) is 25.7 Å². The van der Waals surface area contributed by atoms with Crippen molar-refractivity contribution in [3.05, 3.63) is 35.5 Å². The molecule has 4 aliphatic carbocycles. The van der Waals surface area contributed by atoms with Crippen LogP contribution in [-0.4, -0.2) is 33.1 Å². The lowest BCUT2D eigenvalue weighted by Gasteiger charge is -2.46. The van der Waals surface area contributed by atoms with Gasteiger partial charge in [-0.25, -0.2) is 0 Å². The maximum Gasteiger partial charge on any atom is 0.0811 e. The van der Waals surface area contributed by atoms with Gasteiger partial charge in [-0.05, 0) is 105 Å². The molecule has 4 fully saturated rings. The van der Waals surface area contributed by atoms with E-state index in [-0.39, 0.29) is 0 Å². The van der Waals surface area contributed by atoms with Crippen molar-refractivity contribution >= 4 is 0 Å². The molecule has 0 saturated heterocycles. The number of hydrogen-bond acceptors (Lipinski definition) is 3. The summed E-state index contributed by atoms with van der Waals surface area (Å²) in [7, 11) is 0. The Morgan fingerprint density at radius 3 is 2.52 bits per heavy atom. The largest absolute Gasteiger partial charge is 0.393 e. The third-order valence-electron chi connectivity index (χ3n) is 8.64. The molecule has 5 atom stereocenters. The van der Waals surface area contributed by atoms with E-state index in [1.807, 2.05) is 13.8 Å². The van der Waals surface area contributed by atoms with Gasteiger partial charge in [0.05, 0.1) is 17.8 Å². The fourth-order valence-corrected chi connectivity index (χ4v) is 7.38. The Morgan fingerprint density at radius 2 is 1.86 bits per heavy atom. The van der Waals surface area contributed by atoms with Gasteiger partial charge >= 0.3 is 0 Å². The Hall–Kier alpha value is -0.900. The monoisotopic (exact) mass is 400 g/mol. The maximum absolute atomic E-state index is 10.5. The van der Waals surface area contributed by atoms with E-state index in [0.717, 1.165) is 29.9 Å². The SMILES string of the molecule is C=C1/C(=C\C=C2/CCC[C@@]3(C)C2CCC3C2(CC(C)(C)O)CC2)CC(O)C[C@@H]1O. The first-order valence-corrected chi connectivity index (χ1v) is 11.7. The summed E-state index contributed by atoms with van der Waals surface area (Å²) in [5, 5.41) is 30.7. The van der Waals surface area contributed by atoms with Gasteiger partial charge in [0.1, 0.15) is 0 Å². The Balaban J connectivity index is 1.56. The van der Waals surface area contributed by atoms with E-state index >= 15 is 0 Å². The van der Waals surface area contributed by atoms with Crippen molar-refractivity contribution < 1.29 is 15.3 Å². The molecule has 3 nitrogen and oxygen atoms in total. The van der Waals surface area contributed by atoms with Crippen molar-refractivity contribution in [2.75, 3.05) is 0 Å². The first kappa shape index (κ1) is 21.3. The fraction of sp³-hybridized carbons (Fsp3) is 0.769. The van der Waals surface area contributed by atoms with Gasteiger partial charge in [0, 0.05) is 6.42 Å². The molecule has 0 amide bonds. The summed E-state index contributed by atoms with van der Waals surface area (Å²) < 4.78 is 0. The van der Waals surface area contributed by atoms with Crippen molar-refractivity contribution in [3.8, 4) is 0 Å². The van der Waals surface area contributed by atoms with Crippen LogP contribution >= 0.6 is 0 Å². The molecule has 0 aliphatic heterocycles. The molecule has 0 aromatic rings. The van der Waals surface area contributed by atoms with Crippen molar-refractivity contribution in [3.63, 3.8) is 0 Å². The number of allylic oxidation sites excluding steroid dienone is 3. The van der Waals surface area contributed by atoms with Gasteiger partial charge in [0.2, 0.25) is 0 Å². The average molecular weight is 401 g/mol. The van der Waals surface area contributed by atoms with Gasteiger partial charge < -0.3 is 15.3 Å². The third-order valence-corrected chi connectivity index (χ3v) is 8.64. The first-order chi connectivity index (χ1) is 13.5. The van der Waals surface area contributed by atoms with E-state index in [1.54, 1.807) is 5.57 Å². The molecule has 4 aliphatic rings. The lowest BCUT2D eigenvalue weighted by molar-refractivity contribution is 0.00304. The van der Waals surface area contributed by atoms with Crippen LogP contribution in [0.15, 0.2) is 35.5 Å². The van der Waals surface area contributed by atoms with Gasteiger partial charge in [-0.3, -0.25) is 0 Å². The molecule has 0 radical (unpaired) electrons. The molecular formula is C26H40O3. The second kappa shape index (κ2) is 7.35. The molecule has 3 N–H and O–H groups in total. The standard InChI is InChI=1S/C26H40O3/c1-17-19(14-20(27)15-22(17)28)8-7-18-6-5-11-25(4)21(18)9-10-23(25)26(12-13-26)16-24(2,3)29/h7-8,20-23,27-29H,1,5-6,9-16H2,2-4H3/b18-7+,19-8-/t20?,21?,22-,23?,25-/m0/s1. The molecule has 0 aromatic heterocycles. The Labute approximate surface area is 176 Å². The maximum atomic E-state index is 10.5. The van der Waals surface area contributed by atoms with Crippen LogP contribution in [0.1, 0.15) is 85.0 Å². The Morgan fingerprint density at radius 1 is 1.14 bits per heavy atom. The molecule has 0 aromatic carbocycles. The van der Waals surface area contributed by atoms with Gasteiger partial charge in [0.15, 0.2) is 0 Å². The second-order valence-corrected chi connectivity index (χ2v) is 11.5. The van der Waals surface area contributed by atoms with E-state index in [0.29, 0.717) is 29.6 Å². The third kappa shape index (κ3) is 4.03. The molecule has 0 heterocycles. The predicted octanol–water partition coefficient (Wildman–Crippen LogP) is 5.07. The van der Waals surface area contributed by atoms with Crippen LogP contribution in [0, 0.1) is 22.7 Å². The van der Waals surface area contributed by atoms with Gasteiger partial charge in [-0.2, -0.15) is 0 Å². The summed E-state index contributed by atoms with van der Waals surface area (Å²) >= 11 is 0. The van der Waals surface area contributed by atoms with Crippen molar-refractivity contribution in [2.24, 2.45) is 22.7 Å². The summed E-state index contributed by atoms with van der Waals surface area (Å²) in [5.41, 5.74) is 3.45. The fourth-order valence-electron chi connectivity index (χ4n) is 7.38. The summed E-state index contributed by atoms with van der Waals surface area (Å²) in [6.45, 7) is 10.5. The van der Waals surface area contributed by atoms with Crippen LogP contribution in [0.25, 0.3) is 0 Å². The Kier molecular flexibility index (Phi) is 5.41. The summed E-state index contributed by atoms with van der Waals surface area (Å²) in [5.74, 6) is 1.35. The lowest BCUT2D eigenvalue weighted by Crippen LogP contribution is -2.39. The summed E-state index contributed by atoms with van der Waals surface area (Å²) in [6, 6.07) is 0. The molecule has 162 valence electrons. The minimum atomic E-state index is -0.618. The number of aliphatic hydroxyl groups is 3. The minimum absolute atomic E-state index is 0.340. The lowest BCUT2D eigenvalue weighted by atomic mass is 9.59. The molecular weight excluding hydrogens is 360 g/mol. The highest BCUT2D eigenvalue weighted by Gasteiger charge is 2.61.